The molecule has 0 aromatic heterocycles. The van der Waals surface area contributed by atoms with E-state index in [1.54, 1.807) is 0 Å². The first-order valence-corrected chi connectivity index (χ1v) is 49.4. The molecule has 0 aromatic rings. The molecule has 670 valence electrons. The number of allylic oxidation sites excluding steroid dienone is 28. The van der Waals surface area contributed by atoms with E-state index in [1.165, 1.54) is 135 Å². The zero-order valence-corrected chi connectivity index (χ0v) is 75.6. The number of esters is 3. The van der Waals surface area contributed by atoms with Gasteiger partial charge in [0.25, 0.3) is 0 Å². The molecule has 0 spiro atoms. The number of aliphatic hydroxyl groups is 2. The lowest BCUT2D eigenvalue weighted by Crippen LogP contribution is -2.30. The summed E-state index contributed by atoms with van der Waals surface area (Å²) < 4.78 is 61.4. The maximum atomic E-state index is 13.0. The van der Waals surface area contributed by atoms with Crippen LogP contribution in [0.25, 0.3) is 0 Å². The summed E-state index contributed by atoms with van der Waals surface area (Å²) in [6.45, 7) is 2.37. The Kier molecular flexibility index (Phi) is 86.2. The monoisotopic (exact) mass is 1680 g/mol. The lowest BCUT2D eigenvalue weighted by Gasteiger charge is -2.21. The second-order valence-electron chi connectivity index (χ2n) is 30.7. The molecular weight excluding hydrogens is 1510 g/mol. The maximum Gasteiger partial charge on any atom is 0.472 e. The van der Waals surface area contributed by atoms with Gasteiger partial charge in [0.05, 0.1) is 26.4 Å². The number of aliphatic hydroxyl groups excluding tert-OH is 2. The van der Waals surface area contributed by atoms with Gasteiger partial charge in [-0.1, -0.05) is 384 Å². The van der Waals surface area contributed by atoms with Crippen LogP contribution in [0.1, 0.15) is 380 Å². The molecule has 0 saturated heterocycles. The van der Waals surface area contributed by atoms with Crippen molar-refractivity contribution in [3.63, 3.8) is 0 Å². The number of carbonyl (C=O) groups excluding carboxylic acids is 3. The summed E-state index contributed by atoms with van der Waals surface area (Å²) in [5, 5.41) is 20.7. The molecule has 4 N–H and O–H groups in total. The molecule has 0 saturated carbocycles. The van der Waals surface area contributed by atoms with E-state index in [0.29, 0.717) is 19.3 Å². The fraction of sp³-hybridized carbons (Fsp3) is 0.687. The van der Waals surface area contributed by atoms with Crippen molar-refractivity contribution in [3.05, 3.63) is 170 Å². The molecule has 0 heterocycles. The van der Waals surface area contributed by atoms with Gasteiger partial charge in [-0.15, -0.1) is 0 Å². The number of phosphoric ester groups is 2. The van der Waals surface area contributed by atoms with E-state index in [2.05, 4.69) is 191 Å². The van der Waals surface area contributed by atoms with Gasteiger partial charge in [0.2, 0.25) is 0 Å². The Hall–Kier alpha value is -5.09. The minimum atomic E-state index is -4.95. The number of hydrogen-bond donors (Lipinski definition) is 4. The van der Waals surface area contributed by atoms with Crippen molar-refractivity contribution < 1.29 is 75.8 Å². The highest BCUT2D eigenvalue weighted by Gasteiger charge is 2.29. The van der Waals surface area contributed by atoms with Crippen LogP contribution in [0, 0.1) is 0 Å². The van der Waals surface area contributed by atoms with Crippen LogP contribution in [0.15, 0.2) is 170 Å². The summed E-state index contributed by atoms with van der Waals surface area (Å²) in [6, 6.07) is 0. The Morgan fingerprint density at radius 1 is 0.239 bits per heavy atom. The molecule has 0 radical (unpaired) electrons. The predicted octanol–water partition coefficient (Wildman–Crippen LogP) is 28.7. The van der Waals surface area contributed by atoms with Crippen LogP contribution in [0.2, 0.25) is 0 Å². The van der Waals surface area contributed by atoms with Crippen molar-refractivity contribution in [2.75, 3.05) is 39.6 Å². The van der Waals surface area contributed by atoms with Crippen molar-refractivity contribution in [2.24, 2.45) is 0 Å². The van der Waals surface area contributed by atoms with Crippen molar-refractivity contribution in [2.45, 2.75) is 399 Å². The van der Waals surface area contributed by atoms with Crippen molar-refractivity contribution in [1.29, 1.82) is 0 Å². The molecule has 0 rings (SSSR count). The van der Waals surface area contributed by atoms with Gasteiger partial charge in [-0.05, 0) is 148 Å². The van der Waals surface area contributed by atoms with E-state index in [1.807, 2.05) is 0 Å². The van der Waals surface area contributed by atoms with E-state index < -0.39 is 91.5 Å². The van der Waals surface area contributed by atoms with Crippen LogP contribution in [0.3, 0.4) is 0 Å². The van der Waals surface area contributed by atoms with Crippen LogP contribution >= 0.6 is 15.6 Å². The topological polar surface area (TPSA) is 231 Å². The molecule has 0 aliphatic carbocycles. The van der Waals surface area contributed by atoms with Crippen molar-refractivity contribution >= 4 is 33.6 Å². The second kappa shape index (κ2) is 90.2. The van der Waals surface area contributed by atoms with E-state index in [4.69, 9.17) is 32.3 Å². The van der Waals surface area contributed by atoms with Gasteiger partial charge in [0.15, 0.2) is 6.10 Å². The average molecular weight is 1680 g/mol. The summed E-state index contributed by atoms with van der Waals surface area (Å²) >= 11 is 0. The second-order valence-corrected chi connectivity index (χ2v) is 33.6. The highest BCUT2D eigenvalue weighted by molar-refractivity contribution is 7.47. The van der Waals surface area contributed by atoms with Gasteiger partial charge >= 0.3 is 33.6 Å². The summed E-state index contributed by atoms with van der Waals surface area (Å²) in [5.74, 6) is -1.58. The molecule has 0 fully saturated rings. The average Bonchev–Trinajstić information content (AvgIpc) is 0.876. The minimum absolute atomic E-state index is 0.0888. The third-order valence-corrected chi connectivity index (χ3v) is 21.3. The molecule has 0 aromatic carbocycles. The van der Waals surface area contributed by atoms with Gasteiger partial charge in [0.1, 0.15) is 25.4 Å². The van der Waals surface area contributed by atoms with Crippen molar-refractivity contribution in [3.8, 4) is 0 Å². The lowest BCUT2D eigenvalue weighted by molar-refractivity contribution is -0.161. The van der Waals surface area contributed by atoms with Gasteiger partial charge < -0.3 is 34.2 Å². The Labute approximate surface area is 713 Å². The van der Waals surface area contributed by atoms with Crippen LogP contribution in [0.5, 0.6) is 0 Å². The van der Waals surface area contributed by atoms with Gasteiger partial charge in [-0.2, -0.15) is 0 Å². The Balaban J connectivity index is 4.48. The quantitative estimate of drug-likeness (QED) is 0.0146. The number of hydrogen-bond acceptors (Lipinski definition) is 14. The van der Waals surface area contributed by atoms with Gasteiger partial charge in [0, 0.05) is 19.3 Å². The van der Waals surface area contributed by atoms with E-state index in [0.717, 1.165) is 186 Å². The summed E-state index contributed by atoms with van der Waals surface area (Å²) in [6.07, 6.45) is 117. The maximum absolute atomic E-state index is 13.0. The molecule has 0 aliphatic heterocycles. The third-order valence-electron chi connectivity index (χ3n) is 19.4. The lowest BCUT2D eigenvalue weighted by atomic mass is 10.0. The zero-order chi connectivity index (χ0) is 85.1. The fourth-order valence-corrected chi connectivity index (χ4v) is 14.1. The normalized spacial score (nSPS) is 14.6. The van der Waals surface area contributed by atoms with Crippen molar-refractivity contribution in [1.82, 2.24) is 0 Å². The first-order valence-electron chi connectivity index (χ1n) is 46.4. The molecule has 0 amide bonds. The van der Waals surface area contributed by atoms with Crippen LogP contribution in [0.4, 0.5) is 0 Å². The standard InChI is InChI=1S/C99H168O16P2/c1-4-7-10-13-16-19-22-25-28-31-33-35-37-39-41-43-44-45-46-47-48-50-52-53-55-57-59-62-64-67-70-73-76-79-82-85-97(102)109-88-94(100)89-111-116(105,106)112-90-95(101)91-113-117(107,108)114-93-96(115-99(104)87-84-81-78-75-72-69-66-61-30-27-24-21-18-15-12-9-6-3)92-110-98(103)86-83-80-77-74-71-68-65-63-60-58-56-54-51-49-42-40-38-36-34-32-29-26-23-20-17-14-11-8-5-2/h7-12,16-21,25-30,33-36,39-42,51,54,94-96,100-101H,4-6,13-15,22-24,31-32,37-38,43-50,52-53,55-93H2,1-3H3,(H,105,106)(H,107,108)/b10-7-,11-8-,12-9-,19-16-,20-17-,21-18-,28-25-,29-26-,30-27-,35-33-,36-34-,41-39-,42-40-,54-51-. The molecule has 0 bridgehead atoms. The molecule has 16 nitrogen and oxygen atoms in total. The Morgan fingerprint density at radius 2 is 0.427 bits per heavy atom. The highest BCUT2D eigenvalue weighted by Crippen LogP contribution is 2.45. The SMILES string of the molecule is CC/C=C\C/C=C\C/C=C\C/C=C\C/C=C\C/C=C\CCCCCCCCCCCCC(=O)OCC(COP(=O)(O)OCC(O)COP(=O)(O)OCC(O)COC(=O)CCCCCCCCCCCCCCCCCCCCC/C=C\C/C=C\C/C=C\C/C=C\C/C=C\CC)OC(=O)CCCCCCCCC/C=C\C/C=C\C/C=C\CC. The number of carbonyl (C=O) groups is 3. The molecule has 5 atom stereocenters. The largest absolute Gasteiger partial charge is 0.472 e. The summed E-state index contributed by atoms with van der Waals surface area (Å²) in [5.41, 5.74) is 0. The molecular formula is C99H168O16P2. The van der Waals surface area contributed by atoms with Crippen LogP contribution in [-0.4, -0.2) is 95.9 Å². The van der Waals surface area contributed by atoms with E-state index in [9.17, 15) is 43.5 Å². The molecule has 117 heavy (non-hydrogen) atoms. The van der Waals surface area contributed by atoms with Crippen LogP contribution < -0.4 is 0 Å². The summed E-state index contributed by atoms with van der Waals surface area (Å²) in [7, 11) is -9.81. The number of phosphoric acid groups is 2. The molecule has 5 unspecified atom stereocenters. The smallest absolute Gasteiger partial charge is 0.463 e. The molecule has 0 aliphatic rings. The van der Waals surface area contributed by atoms with E-state index >= 15 is 0 Å². The number of unbranched alkanes of at least 4 members (excludes halogenated alkanes) is 36. The Morgan fingerprint density at radius 3 is 0.675 bits per heavy atom. The highest BCUT2D eigenvalue weighted by atomic mass is 31.2. The number of rotatable bonds is 87. The summed E-state index contributed by atoms with van der Waals surface area (Å²) in [4.78, 5) is 59.0. The molecule has 18 heteroatoms. The predicted molar refractivity (Wildman–Crippen MR) is 491 cm³/mol. The van der Waals surface area contributed by atoms with Crippen LogP contribution in [-0.2, 0) is 55.8 Å². The fourth-order valence-electron chi connectivity index (χ4n) is 12.5. The first-order chi connectivity index (χ1) is 57.2. The minimum Gasteiger partial charge on any atom is -0.463 e. The van der Waals surface area contributed by atoms with Gasteiger partial charge in [-0.3, -0.25) is 32.5 Å². The van der Waals surface area contributed by atoms with Gasteiger partial charge in [-0.25, -0.2) is 9.13 Å². The number of ether oxygens (including phenoxy) is 3. The Bertz CT molecular complexity index is 2810. The van der Waals surface area contributed by atoms with E-state index in [-0.39, 0.29) is 19.3 Å². The first kappa shape index (κ1) is 112. The third kappa shape index (κ3) is 91.5. The zero-order valence-electron chi connectivity index (χ0n) is 73.8.